The molecule has 0 saturated carbocycles. The van der Waals surface area contributed by atoms with E-state index >= 15 is 0 Å². The molecule has 0 bridgehead atoms. The average Bonchev–Trinajstić information content (AvgIpc) is 2.47. The molecule has 0 spiro atoms. The average molecular weight is 265 g/mol. The van der Waals surface area contributed by atoms with Crippen molar-refractivity contribution in [3.63, 3.8) is 0 Å². The minimum absolute atomic E-state index is 0.572. The van der Waals surface area contributed by atoms with E-state index in [2.05, 4.69) is 68.1 Å². The maximum Gasteiger partial charge on any atom is 0.0407 e. The summed E-state index contributed by atoms with van der Waals surface area (Å²) in [6.45, 7) is 7.90. The van der Waals surface area contributed by atoms with Crippen LogP contribution in [-0.4, -0.2) is 12.6 Å². The van der Waals surface area contributed by atoms with Crippen molar-refractivity contribution in [3.8, 4) is 11.1 Å². The largest absolute Gasteiger partial charge is 0.369 e. The molecular formula is C19H23N. The van der Waals surface area contributed by atoms with Crippen molar-refractivity contribution in [2.45, 2.75) is 39.7 Å². The van der Waals surface area contributed by atoms with Crippen LogP contribution in [0.5, 0.6) is 0 Å². The highest BCUT2D eigenvalue weighted by atomic mass is 15.2. The van der Waals surface area contributed by atoms with Crippen LogP contribution in [0.1, 0.15) is 31.4 Å². The monoisotopic (exact) mass is 265 g/mol. The molecule has 0 atom stereocenters. The van der Waals surface area contributed by atoms with Gasteiger partial charge in [-0.1, -0.05) is 42.0 Å². The van der Waals surface area contributed by atoms with Crippen molar-refractivity contribution in [3.05, 3.63) is 53.6 Å². The normalized spacial score (nSPS) is 14.5. The van der Waals surface area contributed by atoms with E-state index in [1.165, 1.54) is 47.3 Å². The summed E-state index contributed by atoms with van der Waals surface area (Å²) in [5.41, 5.74) is 7.04. The van der Waals surface area contributed by atoms with E-state index < -0.39 is 0 Å². The maximum absolute atomic E-state index is 2.54. The number of benzene rings is 2. The van der Waals surface area contributed by atoms with Crippen LogP contribution < -0.4 is 4.90 Å². The molecule has 3 rings (SSSR count). The molecule has 0 saturated heterocycles. The van der Waals surface area contributed by atoms with Crippen LogP contribution in [0.25, 0.3) is 11.1 Å². The van der Waals surface area contributed by atoms with Gasteiger partial charge in [0.15, 0.2) is 0 Å². The minimum Gasteiger partial charge on any atom is -0.369 e. The molecule has 1 nitrogen and oxygen atoms in total. The lowest BCUT2D eigenvalue weighted by Gasteiger charge is -2.35. The Morgan fingerprint density at radius 2 is 1.75 bits per heavy atom. The van der Waals surface area contributed by atoms with Crippen LogP contribution >= 0.6 is 0 Å². The third kappa shape index (κ3) is 2.33. The first-order valence-corrected chi connectivity index (χ1v) is 7.62. The van der Waals surface area contributed by atoms with E-state index in [9.17, 15) is 0 Å². The van der Waals surface area contributed by atoms with Gasteiger partial charge in [0.1, 0.15) is 0 Å². The summed E-state index contributed by atoms with van der Waals surface area (Å²) in [6, 6.07) is 16.2. The summed E-state index contributed by atoms with van der Waals surface area (Å²) in [5.74, 6) is 0. The Balaban J connectivity index is 2.10. The standard InChI is InChI=1S/C19H23N/c1-14(2)20-13-5-7-18-17(6-4-8-19(18)20)16-11-9-15(3)10-12-16/h4,6,8-12,14H,5,7,13H2,1-3H3. The zero-order valence-electron chi connectivity index (χ0n) is 12.7. The molecule has 0 N–H and O–H groups in total. The van der Waals surface area contributed by atoms with Gasteiger partial charge in [-0.2, -0.15) is 0 Å². The number of aryl methyl sites for hydroxylation is 1. The van der Waals surface area contributed by atoms with Gasteiger partial charge in [-0.05, 0) is 56.4 Å². The van der Waals surface area contributed by atoms with Crippen molar-refractivity contribution >= 4 is 5.69 Å². The van der Waals surface area contributed by atoms with Crippen molar-refractivity contribution in [1.82, 2.24) is 0 Å². The molecule has 2 aromatic carbocycles. The molecule has 0 radical (unpaired) electrons. The quantitative estimate of drug-likeness (QED) is 0.752. The van der Waals surface area contributed by atoms with Crippen molar-refractivity contribution < 1.29 is 0 Å². The van der Waals surface area contributed by atoms with Gasteiger partial charge in [-0.3, -0.25) is 0 Å². The lowest BCUT2D eigenvalue weighted by molar-refractivity contribution is 0.626. The highest BCUT2D eigenvalue weighted by Crippen LogP contribution is 2.36. The van der Waals surface area contributed by atoms with Crippen molar-refractivity contribution in [2.24, 2.45) is 0 Å². The summed E-state index contributed by atoms with van der Waals surface area (Å²) >= 11 is 0. The Kier molecular flexibility index (Phi) is 3.52. The number of hydrogen-bond acceptors (Lipinski definition) is 1. The zero-order valence-corrected chi connectivity index (χ0v) is 12.7. The lowest BCUT2D eigenvalue weighted by atomic mass is 9.91. The van der Waals surface area contributed by atoms with Gasteiger partial charge in [-0.15, -0.1) is 0 Å². The summed E-state index contributed by atoms with van der Waals surface area (Å²) in [7, 11) is 0. The predicted octanol–water partition coefficient (Wildman–Crippen LogP) is 4.82. The molecule has 0 fully saturated rings. The number of hydrogen-bond donors (Lipinski definition) is 0. The van der Waals surface area contributed by atoms with E-state index in [-0.39, 0.29) is 0 Å². The zero-order chi connectivity index (χ0) is 14.1. The van der Waals surface area contributed by atoms with E-state index in [0.717, 1.165) is 0 Å². The number of fused-ring (bicyclic) bond motifs is 1. The molecule has 20 heavy (non-hydrogen) atoms. The van der Waals surface area contributed by atoms with Crippen molar-refractivity contribution in [1.29, 1.82) is 0 Å². The Hall–Kier alpha value is -1.76. The smallest absolute Gasteiger partial charge is 0.0407 e. The van der Waals surface area contributed by atoms with Crippen LogP contribution in [0.4, 0.5) is 5.69 Å². The third-order valence-corrected chi connectivity index (χ3v) is 4.27. The molecule has 1 aliphatic heterocycles. The molecular weight excluding hydrogens is 242 g/mol. The van der Waals surface area contributed by atoms with E-state index in [0.29, 0.717) is 6.04 Å². The fourth-order valence-electron chi connectivity index (χ4n) is 3.19. The molecule has 0 aliphatic carbocycles. The van der Waals surface area contributed by atoms with Gasteiger partial charge in [0.25, 0.3) is 0 Å². The van der Waals surface area contributed by atoms with Crippen molar-refractivity contribution in [2.75, 3.05) is 11.4 Å². The molecule has 2 aromatic rings. The first-order valence-electron chi connectivity index (χ1n) is 7.62. The summed E-state index contributed by atoms with van der Waals surface area (Å²) < 4.78 is 0. The topological polar surface area (TPSA) is 3.24 Å². The van der Waals surface area contributed by atoms with Crippen LogP contribution in [0.15, 0.2) is 42.5 Å². The second-order valence-corrected chi connectivity index (χ2v) is 6.06. The fraction of sp³-hybridized carbons (Fsp3) is 0.368. The molecule has 1 heteroatoms. The third-order valence-electron chi connectivity index (χ3n) is 4.27. The second-order valence-electron chi connectivity index (χ2n) is 6.06. The predicted molar refractivity (Wildman–Crippen MR) is 87.4 cm³/mol. The Labute approximate surface area is 122 Å². The van der Waals surface area contributed by atoms with Crippen LogP contribution in [0, 0.1) is 6.92 Å². The molecule has 1 aliphatic rings. The highest BCUT2D eigenvalue weighted by molar-refractivity contribution is 5.75. The lowest BCUT2D eigenvalue weighted by Crippen LogP contribution is -2.35. The van der Waals surface area contributed by atoms with Gasteiger partial charge in [0.2, 0.25) is 0 Å². The first-order chi connectivity index (χ1) is 9.66. The van der Waals surface area contributed by atoms with Crippen LogP contribution in [-0.2, 0) is 6.42 Å². The molecule has 0 unspecified atom stereocenters. The Morgan fingerprint density at radius 1 is 1.00 bits per heavy atom. The summed E-state index contributed by atoms with van der Waals surface area (Å²) in [5, 5.41) is 0. The van der Waals surface area contributed by atoms with Gasteiger partial charge in [-0.25, -0.2) is 0 Å². The van der Waals surface area contributed by atoms with Gasteiger partial charge in [0.05, 0.1) is 0 Å². The van der Waals surface area contributed by atoms with Gasteiger partial charge >= 0.3 is 0 Å². The summed E-state index contributed by atoms with van der Waals surface area (Å²) in [6.07, 6.45) is 2.46. The number of anilines is 1. The molecule has 1 heterocycles. The van der Waals surface area contributed by atoms with Gasteiger partial charge < -0.3 is 4.90 Å². The second kappa shape index (κ2) is 5.32. The van der Waals surface area contributed by atoms with Crippen LogP contribution in [0.3, 0.4) is 0 Å². The number of nitrogens with zero attached hydrogens (tertiary/aromatic N) is 1. The van der Waals surface area contributed by atoms with E-state index in [1.54, 1.807) is 0 Å². The first kappa shape index (κ1) is 13.2. The summed E-state index contributed by atoms with van der Waals surface area (Å²) in [4.78, 5) is 2.54. The fourth-order valence-corrected chi connectivity index (χ4v) is 3.19. The van der Waals surface area contributed by atoms with E-state index in [4.69, 9.17) is 0 Å². The minimum atomic E-state index is 0.572. The maximum atomic E-state index is 2.54. The molecule has 0 amide bonds. The highest BCUT2D eigenvalue weighted by Gasteiger charge is 2.21. The Bertz CT molecular complexity index is 596. The molecule has 0 aromatic heterocycles. The number of rotatable bonds is 2. The van der Waals surface area contributed by atoms with E-state index in [1.807, 2.05) is 0 Å². The Morgan fingerprint density at radius 3 is 2.45 bits per heavy atom. The van der Waals surface area contributed by atoms with Gasteiger partial charge in [0, 0.05) is 18.3 Å². The van der Waals surface area contributed by atoms with Crippen LogP contribution in [0.2, 0.25) is 0 Å². The molecule has 104 valence electrons. The SMILES string of the molecule is Cc1ccc(-c2cccc3c2CCCN3C(C)C)cc1.